The highest BCUT2D eigenvalue weighted by molar-refractivity contribution is 7.11. The van der Waals surface area contributed by atoms with Gasteiger partial charge in [-0.2, -0.15) is 5.10 Å². The molecule has 0 saturated heterocycles. The number of fused-ring (bicyclic) bond motifs is 1. The fourth-order valence-corrected chi connectivity index (χ4v) is 5.23. The zero-order valence-corrected chi connectivity index (χ0v) is 15.4. The number of hydrogen-bond acceptors (Lipinski definition) is 4. The van der Waals surface area contributed by atoms with Crippen LogP contribution in [0.15, 0.2) is 45.7 Å². The summed E-state index contributed by atoms with van der Waals surface area (Å²) in [7, 11) is 0. The summed E-state index contributed by atoms with van der Waals surface area (Å²) in [6.45, 7) is 0. The molecule has 1 amide bonds. The summed E-state index contributed by atoms with van der Waals surface area (Å²) in [5, 5.41) is 10.5. The van der Waals surface area contributed by atoms with Crippen molar-refractivity contribution in [1.82, 2.24) is 5.01 Å². The van der Waals surface area contributed by atoms with Crippen molar-refractivity contribution in [3.63, 3.8) is 0 Å². The van der Waals surface area contributed by atoms with E-state index in [1.165, 1.54) is 15.3 Å². The van der Waals surface area contributed by atoms with Gasteiger partial charge in [0.2, 0.25) is 0 Å². The van der Waals surface area contributed by atoms with Crippen LogP contribution in [0.25, 0.3) is 6.08 Å². The fraction of sp³-hybridized carbons (Fsp3) is 0.333. The second kappa shape index (κ2) is 6.82. The van der Waals surface area contributed by atoms with Gasteiger partial charge in [0.1, 0.15) is 5.88 Å². The van der Waals surface area contributed by atoms with Crippen LogP contribution in [0, 0.1) is 5.92 Å². The van der Waals surface area contributed by atoms with Gasteiger partial charge in [0, 0.05) is 15.7 Å². The molecule has 2 atom stereocenters. The molecular formula is C18H17ClN2OS2. The van der Waals surface area contributed by atoms with Crippen LogP contribution >= 0.6 is 34.3 Å². The highest BCUT2D eigenvalue weighted by Gasteiger charge is 2.43. The summed E-state index contributed by atoms with van der Waals surface area (Å²) in [5.41, 5.74) is 2.34. The number of carbonyl (C=O) groups is 1. The van der Waals surface area contributed by atoms with Crippen molar-refractivity contribution in [3.05, 3.63) is 50.4 Å². The molecule has 1 aliphatic carbocycles. The second-order valence-electron chi connectivity index (χ2n) is 6.00. The van der Waals surface area contributed by atoms with Crippen molar-refractivity contribution in [2.24, 2.45) is 11.0 Å². The van der Waals surface area contributed by atoms with Gasteiger partial charge in [-0.25, -0.2) is 5.01 Å². The maximum atomic E-state index is 12.4. The van der Waals surface area contributed by atoms with E-state index in [-0.39, 0.29) is 23.7 Å². The Hall–Kier alpha value is -1.43. The van der Waals surface area contributed by atoms with E-state index < -0.39 is 0 Å². The topological polar surface area (TPSA) is 32.7 Å². The summed E-state index contributed by atoms with van der Waals surface area (Å²) >= 11 is 9.25. The first-order valence-electron chi connectivity index (χ1n) is 8.02. The molecule has 1 aliphatic heterocycles. The Morgan fingerprint density at radius 3 is 2.88 bits per heavy atom. The van der Waals surface area contributed by atoms with Crippen LogP contribution in [0.4, 0.5) is 0 Å². The van der Waals surface area contributed by atoms with E-state index in [0.717, 1.165) is 25.0 Å². The Kier molecular flexibility index (Phi) is 4.57. The van der Waals surface area contributed by atoms with Crippen molar-refractivity contribution in [2.45, 2.75) is 25.3 Å². The molecule has 2 aliphatic rings. The average Bonchev–Trinajstić information content (AvgIpc) is 3.33. The third-order valence-corrected chi connectivity index (χ3v) is 6.56. The lowest BCUT2D eigenvalue weighted by molar-refractivity contribution is -0.130. The molecule has 1 saturated carbocycles. The largest absolute Gasteiger partial charge is 0.272 e. The number of amides is 1. The van der Waals surface area contributed by atoms with Gasteiger partial charge in [-0.15, -0.1) is 34.3 Å². The van der Waals surface area contributed by atoms with Gasteiger partial charge in [0.15, 0.2) is 0 Å². The van der Waals surface area contributed by atoms with Gasteiger partial charge in [0.25, 0.3) is 5.91 Å². The first-order chi connectivity index (χ1) is 11.8. The fourth-order valence-electron chi connectivity index (χ4n) is 3.55. The molecule has 3 heterocycles. The van der Waals surface area contributed by atoms with Gasteiger partial charge in [-0.1, -0.05) is 12.1 Å². The molecule has 1 fully saturated rings. The summed E-state index contributed by atoms with van der Waals surface area (Å²) in [5.74, 6) is 0.123. The molecule has 2 aromatic heterocycles. The number of halogens is 1. The molecule has 24 heavy (non-hydrogen) atoms. The Balaban J connectivity index is 1.74. The van der Waals surface area contributed by atoms with Crippen LogP contribution in [0.5, 0.6) is 0 Å². The van der Waals surface area contributed by atoms with Gasteiger partial charge < -0.3 is 0 Å². The van der Waals surface area contributed by atoms with Gasteiger partial charge in [-0.3, -0.25) is 4.79 Å². The zero-order valence-electron chi connectivity index (χ0n) is 13.0. The zero-order chi connectivity index (χ0) is 16.5. The van der Waals surface area contributed by atoms with Crippen molar-refractivity contribution in [3.8, 4) is 0 Å². The normalized spacial score (nSPS) is 25.0. The molecule has 0 radical (unpaired) electrons. The predicted octanol–water partition coefficient (Wildman–Crippen LogP) is 5.17. The van der Waals surface area contributed by atoms with E-state index in [0.29, 0.717) is 0 Å². The van der Waals surface area contributed by atoms with Crippen LogP contribution in [0.1, 0.15) is 35.1 Å². The third-order valence-electron chi connectivity index (χ3n) is 4.57. The molecule has 0 bridgehead atoms. The molecule has 2 unspecified atom stereocenters. The molecule has 3 nitrogen and oxygen atoms in total. The molecule has 124 valence electrons. The average molecular weight is 377 g/mol. The molecule has 6 heteroatoms. The van der Waals surface area contributed by atoms with Crippen molar-refractivity contribution >= 4 is 52.0 Å². The van der Waals surface area contributed by atoms with E-state index in [2.05, 4.69) is 35.0 Å². The maximum Gasteiger partial charge on any atom is 0.258 e. The van der Waals surface area contributed by atoms with E-state index in [9.17, 15) is 4.79 Å². The molecule has 2 aromatic rings. The SMILES string of the molecule is O=C(CCl)N1N=C2/C(=C\c3cccs3)CCCC2C1c1cccs1. The molecule has 0 N–H and O–H groups in total. The third kappa shape index (κ3) is 2.85. The number of allylic oxidation sites excluding steroid dienone is 1. The molecule has 0 spiro atoms. The van der Waals surface area contributed by atoms with E-state index in [4.69, 9.17) is 16.7 Å². The molecule has 0 aromatic carbocycles. The number of thiophene rings is 2. The van der Waals surface area contributed by atoms with E-state index in [1.807, 2.05) is 6.07 Å². The molecule has 4 rings (SSSR count). The lowest BCUT2D eigenvalue weighted by Crippen LogP contribution is -2.31. The minimum atomic E-state index is -0.118. The highest BCUT2D eigenvalue weighted by atomic mass is 35.5. The van der Waals surface area contributed by atoms with E-state index in [1.54, 1.807) is 27.7 Å². The number of carbonyl (C=O) groups excluding carboxylic acids is 1. The Morgan fingerprint density at radius 2 is 2.17 bits per heavy atom. The molecular weight excluding hydrogens is 360 g/mol. The van der Waals surface area contributed by atoms with Gasteiger partial charge in [0.05, 0.1) is 11.8 Å². The Morgan fingerprint density at radius 1 is 1.33 bits per heavy atom. The smallest absolute Gasteiger partial charge is 0.258 e. The Labute approximate surface area is 154 Å². The number of rotatable bonds is 3. The minimum absolute atomic E-state index is 0.00159. The van der Waals surface area contributed by atoms with Crippen LogP contribution in [-0.2, 0) is 4.79 Å². The first kappa shape index (κ1) is 16.1. The number of alkyl halides is 1. The highest BCUT2D eigenvalue weighted by Crippen LogP contribution is 2.45. The summed E-state index contributed by atoms with van der Waals surface area (Å²) in [4.78, 5) is 14.8. The number of hydrogen-bond donors (Lipinski definition) is 0. The van der Waals surface area contributed by atoms with Crippen LogP contribution in [0.3, 0.4) is 0 Å². The van der Waals surface area contributed by atoms with E-state index >= 15 is 0 Å². The Bertz CT molecular complexity index is 780. The van der Waals surface area contributed by atoms with Gasteiger partial charge >= 0.3 is 0 Å². The quantitative estimate of drug-likeness (QED) is 0.680. The lowest BCUT2D eigenvalue weighted by Gasteiger charge is -2.28. The minimum Gasteiger partial charge on any atom is -0.272 e. The van der Waals surface area contributed by atoms with Crippen molar-refractivity contribution in [1.29, 1.82) is 0 Å². The monoisotopic (exact) mass is 376 g/mol. The lowest BCUT2D eigenvalue weighted by atomic mass is 9.79. The van der Waals surface area contributed by atoms with Crippen LogP contribution in [0.2, 0.25) is 0 Å². The number of hydrazone groups is 1. The summed E-state index contributed by atoms with van der Waals surface area (Å²) in [6.07, 6.45) is 5.45. The van der Waals surface area contributed by atoms with Crippen LogP contribution in [-0.4, -0.2) is 22.5 Å². The van der Waals surface area contributed by atoms with Crippen molar-refractivity contribution < 1.29 is 4.79 Å². The first-order valence-corrected chi connectivity index (χ1v) is 10.3. The maximum absolute atomic E-state index is 12.4. The second-order valence-corrected chi connectivity index (χ2v) is 8.23. The standard InChI is InChI=1S/C18H17ClN2OS2/c19-11-16(22)21-18(15-7-3-9-24-15)14-6-1-4-12(17(14)20-21)10-13-5-2-8-23-13/h2-3,5,7-10,14,18H,1,4,6,11H2/b12-10-. The van der Waals surface area contributed by atoms with Crippen molar-refractivity contribution in [2.75, 3.05) is 5.88 Å². The summed E-state index contributed by atoms with van der Waals surface area (Å²) < 4.78 is 0. The van der Waals surface area contributed by atoms with Gasteiger partial charge in [-0.05, 0) is 53.8 Å². The number of nitrogens with zero attached hydrogens (tertiary/aromatic N) is 2. The van der Waals surface area contributed by atoms with Crippen LogP contribution < -0.4 is 0 Å². The predicted molar refractivity (Wildman–Crippen MR) is 102 cm³/mol. The summed E-state index contributed by atoms with van der Waals surface area (Å²) in [6, 6.07) is 8.31.